The van der Waals surface area contributed by atoms with Crippen molar-refractivity contribution in [1.82, 2.24) is 5.32 Å². The number of rotatable bonds is 9. The van der Waals surface area contributed by atoms with Crippen LogP contribution in [-0.2, 0) is 20.7 Å². The fourth-order valence-electron chi connectivity index (χ4n) is 3.74. The Hall–Kier alpha value is -2.75. The molecule has 0 aliphatic heterocycles. The smallest absolute Gasteiger partial charge is 0.471 e. The molecule has 0 spiro atoms. The highest BCUT2D eigenvalue weighted by Crippen LogP contribution is 2.38. The van der Waals surface area contributed by atoms with E-state index in [-0.39, 0.29) is 30.4 Å². The summed E-state index contributed by atoms with van der Waals surface area (Å²) < 4.78 is 50.6. The molecule has 3 N–H and O–H groups in total. The first-order valence-corrected chi connectivity index (χ1v) is 13.8. The topological polar surface area (TPSA) is 105 Å². The molecule has 0 saturated heterocycles. The van der Waals surface area contributed by atoms with Crippen LogP contribution in [-0.4, -0.2) is 40.9 Å². The predicted octanol–water partition coefficient (Wildman–Crippen LogP) is 6.40. The van der Waals surface area contributed by atoms with Crippen molar-refractivity contribution in [3.63, 3.8) is 0 Å². The largest absolute Gasteiger partial charge is 0.508 e. The average Bonchev–Trinajstić information content (AvgIpc) is 2.86. The highest BCUT2D eigenvalue weighted by Gasteiger charge is 2.41. The second kappa shape index (κ2) is 13.1. The van der Waals surface area contributed by atoms with Gasteiger partial charge in [-0.2, -0.15) is 13.2 Å². The van der Waals surface area contributed by atoms with Crippen LogP contribution in [0.4, 0.5) is 13.2 Å². The molecule has 0 saturated carbocycles. The summed E-state index contributed by atoms with van der Waals surface area (Å²) in [4.78, 5) is 23.7. The van der Waals surface area contributed by atoms with Crippen molar-refractivity contribution >= 4 is 57.1 Å². The Kier molecular flexibility index (Phi) is 10.3. The van der Waals surface area contributed by atoms with Gasteiger partial charge in [0.05, 0.1) is 13.7 Å². The molecule has 0 fully saturated rings. The van der Waals surface area contributed by atoms with Gasteiger partial charge >= 0.3 is 18.1 Å². The molecule has 3 aromatic rings. The van der Waals surface area contributed by atoms with Crippen LogP contribution in [0.15, 0.2) is 54.6 Å². The second-order valence-electron chi connectivity index (χ2n) is 8.50. The standard InChI is InChI=1S/C27H24F3I2NO6/c1-3-38-25(36)22(33-26(37)27(28,29)30)12-15-10-20(31)24(21(32)11-15)39-18-8-9-23(35)19(13-18)14(2)16-4-6-17(34)7-5-16/h4-11,13-14,22,34-35H,3,12H2,1-2H3,(H,33,37)/t14?,22-/m0/s1. The van der Waals surface area contributed by atoms with Gasteiger partial charge in [0.25, 0.3) is 0 Å². The summed E-state index contributed by atoms with van der Waals surface area (Å²) in [6, 6.07) is 13.2. The number of esters is 1. The molecule has 3 rings (SSSR count). The maximum absolute atomic E-state index is 12.8. The first-order valence-electron chi connectivity index (χ1n) is 11.6. The lowest BCUT2D eigenvalue weighted by molar-refractivity contribution is -0.175. The van der Waals surface area contributed by atoms with E-state index in [1.807, 2.05) is 52.1 Å². The Balaban J connectivity index is 1.85. The van der Waals surface area contributed by atoms with Gasteiger partial charge in [0.2, 0.25) is 0 Å². The number of phenols is 2. The van der Waals surface area contributed by atoms with Crippen LogP contribution in [0.25, 0.3) is 0 Å². The number of aromatic hydroxyl groups is 2. The van der Waals surface area contributed by atoms with Crippen molar-refractivity contribution < 1.29 is 42.4 Å². The summed E-state index contributed by atoms with van der Waals surface area (Å²) in [6.07, 6.45) is -5.37. The van der Waals surface area contributed by atoms with Crippen LogP contribution < -0.4 is 10.1 Å². The summed E-state index contributed by atoms with van der Waals surface area (Å²) in [7, 11) is 0. The van der Waals surface area contributed by atoms with E-state index in [4.69, 9.17) is 9.47 Å². The minimum absolute atomic E-state index is 0.0565. The summed E-state index contributed by atoms with van der Waals surface area (Å²) in [5.41, 5.74) is 1.98. The van der Waals surface area contributed by atoms with Crippen LogP contribution in [0, 0.1) is 7.14 Å². The number of carbonyl (C=O) groups is 2. The normalized spacial score (nSPS) is 12.9. The van der Waals surface area contributed by atoms with Gasteiger partial charge in [-0.15, -0.1) is 0 Å². The van der Waals surface area contributed by atoms with Gasteiger partial charge in [-0.05, 0) is 106 Å². The number of alkyl halides is 3. The van der Waals surface area contributed by atoms with Crippen molar-refractivity contribution in [3.8, 4) is 23.0 Å². The van der Waals surface area contributed by atoms with Crippen LogP contribution in [0.2, 0.25) is 0 Å². The van der Waals surface area contributed by atoms with Crippen LogP contribution in [0.5, 0.6) is 23.0 Å². The summed E-state index contributed by atoms with van der Waals surface area (Å²) in [5.74, 6) is -2.28. The lowest BCUT2D eigenvalue weighted by atomic mass is 9.92. The van der Waals surface area contributed by atoms with Crippen molar-refractivity contribution in [1.29, 1.82) is 0 Å². The number of benzene rings is 3. The number of hydrogen-bond donors (Lipinski definition) is 3. The zero-order chi connectivity index (χ0) is 28.9. The van der Waals surface area contributed by atoms with Crippen LogP contribution >= 0.6 is 45.2 Å². The second-order valence-corrected chi connectivity index (χ2v) is 10.8. The number of amides is 1. The van der Waals surface area contributed by atoms with Crippen molar-refractivity contribution in [2.45, 2.75) is 38.4 Å². The van der Waals surface area contributed by atoms with Gasteiger partial charge in [-0.1, -0.05) is 19.1 Å². The molecule has 0 bridgehead atoms. The molecular weight excluding hydrogens is 745 g/mol. The third-order valence-corrected chi connectivity index (χ3v) is 7.31. The lowest BCUT2D eigenvalue weighted by Crippen LogP contribution is -2.48. The van der Waals surface area contributed by atoms with E-state index in [1.165, 1.54) is 13.0 Å². The molecule has 3 aromatic carbocycles. The Bertz CT molecular complexity index is 1330. The molecule has 12 heteroatoms. The number of ether oxygens (including phenoxy) is 2. The molecule has 1 unspecified atom stereocenters. The third-order valence-electron chi connectivity index (χ3n) is 5.71. The first-order chi connectivity index (χ1) is 18.3. The number of hydrogen-bond acceptors (Lipinski definition) is 6. The van der Waals surface area contributed by atoms with Gasteiger partial charge in [0.1, 0.15) is 23.3 Å². The minimum Gasteiger partial charge on any atom is -0.508 e. The lowest BCUT2D eigenvalue weighted by Gasteiger charge is -2.20. The van der Waals surface area contributed by atoms with Gasteiger partial charge in [-0.25, -0.2) is 4.79 Å². The number of nitrogens with one attached hydrogen (secondary N) is 1. The molecule has 0 heterocycles. The molecule has 39 heavy (non-hydrogen) atoms. The number of halogens is 5. The van der Waals surface area contributed by atoms with E-state index in [0.29, 0.717) is 29.8 Å². The molecule has 7 nitrogen and oxygen atoms in total. The highest BCUT2D eigenvalue weighted by molar-refractivity contribution is 14.1. The number of carbonyl (C=O) groups excluding carboxylic acids is 2. The van der Waals surface area contributed by atoms with E-state index < -0.39 is 24.1 Å². The molecule has 0 aliphatic rings. The Morgan fingerprint density at radius 3 is 2.18 bits per heavy atom. The van der Waals surface area contributed by atoms with Crippen molar-refractivity contribution in [3.05, 3.63) is 78.4 Å². The Labute approximate surface area is 250 Å². The fourth-order valence-corrected chi connectivity index (χ4v) is 5.86. The molecule has 0 aliphatic carbocycles. The van der Waals surface area contributed by atoms with Crippen molar-refractivity contribution in [2.75, 3.05) is 6.61 Å². The minimum atomic E-state index is -5.14. The van der Waals surface area contributed by atoms with E-state index in [2.05, 4.69) is 0 Å². The maximum atomic E-state index is 12.8. The van der Waals surface area contributed by atoms with E-state index in [9.17, 15) is 33.0 Å². The van der Waals surface area contributed by atoms with E-state index in [0.717, 1.165) is 5.56 Å². The Morgan fingerprint density at radius 1 is 1.00 bits per heavy atom. The molecular formula is C27H24F3I2NO6. The monoisotopic (exact) mass is 769 g/mol. The fraction of sp³-hybridized carbons (Fsp3) is 0.259. The molecule has 0 radical (unpaired) electrons. The molecule has 2 atom stereocenters. The van der Waals surface area contributed by atoms with Crippen LogP contribution in [0.3, 0.4) is 0 Å². The van der Waals surface area contributed by atoms with Gasteiger partial charge in [0.15, 0.2) is 5.75 Å². The van der Waals surface area contributed by atoms with Gasteiger partial charge in [0, 0.05) is 17.9 Å². The molecule has 1 amide bonds. The Morgan fingerprint density at radius 2 is 1.62 bits per heavy atom. The quantitative estimate of drug-likeness (QED) is 0.172. The zero-order valence-corrected chi connectivity index (χ0v) is 25.0. The van der Waals surface area contributed by atoms with Gasteiger partial charge < -0.3 is 25.0 Å². The van der Waals surface area contributed by atoms with Crippen LogP contribution in [0.1, 0.15) is 36.5 Å². The van der Waals surface area contributed by atoms with E-state index >= 15 is 0 Å². The van der Waals surface area contributed by atoms with E-state index in [1.54, 1.807) is 53.8 Å². The van der Waals surface area contributed by atoms with Crippen molar-refractivity contribution in [2.24, 2.45) is 0 Å². The number of phenolic OH excluding ortho intramolecular Hbond substituents is 2. The first kappa shape index (κ1) is 30.8. The highest BCUT2D eigenvalue weighted by atomic mass is 127. The zero-order valence-electron chi connectivity index (χ0n) is 20.7. The summed E-state index contributed by atoms with van der Waals surface area (Å²) in [6.45, 7) is 3.36. The average molecular weight is 769 g/mol. The summed E-state index contributed by atoms with van der Waals surface area (Å²) in [5, 5.41) is 21.7. The SMILES string of the molecule is CCOC(=O)[C@H](Cc1cc(I)c(Oc2ccc(O)c(C(C)c3ccc(O)cc3)c2)c(I)c1)NC(=O)C(F)(F)F. The molecule has 0 aromatic heterocycles. The molecule has 208 valence electrons. The predicted molar refractivity (Wildman–Crippen MR) is 154 cm³/mol. The van der Waals surface area contributed by atoms with Gasteiger partial charge in [-0.3, -0.25) is 4.79 Å². The third kappa shape index (κ3) is 8.13. The summed E-state index contributed by atoms with van der Waals surface area (Å²) >= 11 is 4.02. The maximum Gasteiger partial charge on any atom is 0.471 e.